The van der Waals surface area contributed by atoms with E-state index in [0.717, 1.165) is 25.1 Å². The van der Waals surface area contributed by atoms with Gasteiger partial charge in [0.1, 0.15) is 17.8 Å². The summed E-state index contributed by atoms with van der Waals surface area (Å²) in [5, 5.41) is 21.2. The molecule has 0 aromatic rings. The Kier molecular flexibility index (Phi) is 11.2. The maximum absolute atomic E-state index is 12.5. The van der Waals surface area contributed by atoms with E-state index in [1.165, 1.54) is 6.92 Å². The van der Waals surface area contributed by atoms with E-state index in [2.05, 4.69) is 0 Å². The Morgan fingerprint density at radius 1 is 1.31 bits per heavy atom. The van der Waals surface area contributed by atoms with E-state index in [4.69, 9.17) is 14.2 Å². The number of nitrogens with zero attached hydrogens (tertiary/aromatic N) is 1. The number of carbonyl (C=O) groups is 3. The second kappa shape index (κ2) is 13.6. The van der Waals surface area contributed by atoms with Crippen molar-refractivity contribution in [2.45, 2.75) is 84.2 Å². The molecule has 9 nitrogen and oxygen atoms in total. The van der Waals surface area contributed by atoms with Crippen LogP contribution in [0, 0.1) is 11.8 Å². The normalized spacial score (nSPS) is 31.9. The van der Waals surface area contributed by atoms with Gasteiger partial charge in [-0.1, -0.05) is 38.2 Å². The summed E-state index contributed by atoms with van der Waals surface area (Å²) < 4.78 is 16.4. The number of esters is 2. The number of carbonyl (C=O) groups excluding carboxylic acids is 3. The molecule has 0 bridgehead atoms. The van der Waals surface area contributed by atoms with Crippen LogP contribution in [0.15, 0.2) is 36.0 Å². The van der Waals surface area contributed by atoms with Crippen LogP contribution < -0.4 is 0 Å². The second-order valence-electron chi connectivity index (χ2n) is 10.1. The molecule has 0 saturated carbocycles. The summed E-state index contributed by atoms with van der Waals surface area (Å²) >= 11 is 0. The number of cyclic esters (lactones) is 1. The first-order chi connectivity index (χ1) is 16.9. The van der Waals surface area contributed by atoms with Gasteiger partial charge in [-0.2, -0.15) is 0 Å². The van der Waals surface area contributed by atoms with Crippen LogP contribution in [0.2, 0.25) is 0 Å². The van der Waals surface area contributed by atoms with Gasteiger partial charge in [-0.3, -0.25) is 9.59 Å². The minimum absolute atomic E-state index is 0.00248. The second-order valence-corrected chi connectivity index (χ2v) is 10.1. The minimum atomic E-state index is -1.41. The smallest absolute Gasteiger partial charge is 0.409 e. The molecule has 6 atom stereocenters. The number of hydrogen-bond donors (Lipinski definition) is 2. The highest BCUT2D eigenvalue weighted by atomic mass is 16.6. The van der Waals surface area contributed by atoms with Crippen molar-refractivity contribution in [1.82, 2.24) is 4.90 Å². The number of aliphatic hydroxyl groups excluding tert-OH is 1. The average molecular weight is 508 g/mol. The first-order valence-corrected chi connectivity index (χ1v) is 12.6. The highest BCUT2D eigenvalue weighted by Gasteiger charge is 2.35. The van der Waals surface area contributed by atoms with Gasteiger partial charge in [0.15, 0.2) is 0 Å². The highest BCUT2D eigenvalue weighted by molar-refractivity contribution is 5.70. The molecule has 2 aliphatic rings. The number of likely N-dealkylation sites (tertiary alicyclic amines) is 1. The molecular weight excluding hydrogens is 466 g/mol. The first-order valence-electron chi connectivity index (χ1n) is 12.6. The summed E-state index contributed by atoms with van der Waals surface area (Å²) in [5.74, 6) is -1.37. The number of hydrogen-bond acceptors (Lipinski definition) is 8. The van der Waals surface area contributed by atoms with Crippen LogP contribution in [-0.4, -0.2) is 76.8 Å². The monoisotopic (exact) mass is 507 g/mol. The molecule has 2 heterocycles. The fourth-order valence-corrected chi connectivity index (χ4v) is 3.97. The van der Waals surface area contributed by atoms with Crippen LogP contribution in [0.25, 0.3) is 0 Å². The average Bonchev–Trinajstić information content (AvgIpc) is 2.75. The predicted octanol–water partition coefficient (Wildman–Crippen LogP) is 3.30. The van der Waals surface area contributed by atoms with Gasteiger partial charge < -0.3 is 29.3 Å². The molecule has 0 spiro atoms. The molecule has 0 aliphatic carbocycles. The lowest BCUT2D eigenvalue weighted by Crippen LogP contribution is -2.42. The van der Waals surface area contributed by atoms with Gasteiger partial charge in [0, 0.05) is 31.8 Å². The van der Waals surface area contributed by atoms with Gasteiger partial charge in [0.25, 0.3) is 0 Å². The maximum Gasteiger partial charge on any atom is 0.409 e. The van der Waals surface area contributed by atoms with Gasteiger partial charge >= 0.3 is 18.0 Å². The SMILES string of the molecule is CC(=O)O[C@H]1/C=C/[C@H](C)[C@@H](/C(C)=C/C=C/C(C)COC(=O)N2CCC2)OC(=O)C[C@@H](O)CC[C@]1(C)O. The molecule has 0 aromatic heterocycles. The van der Waals surface area contributed by atoms with Gasteiger partial charge in [-0.05, 0) is 44.8 Å². The molecule has 1 fully saturated rings. The summed E-state index contributed by atoms with van der Waals surface area (Å²) in [7, 11) is 0. The van der Waals surface area contributed by atoms with E-state index in [1.54, 1.807) is 24.0 Å². The zero-order valence-electron chi connectivity index (χ0n) is 22.0. The van der Waals surface area contributed by atoms with E-state index < -0.39 is 35.9 Å². The quantitative estimate of drug-likeness (QED) is 0.243. The number of aliphatic hydroxyl groups is 2. The van der Waals surface area contributed by atoms with Crippen molar-refractivity contribution in [1.29, 1.82) is 0 Å². The van der Waals surface area contributed by atoms with Crippen LogP contribution in [0.1, 0.15) is 60.3 Å². The fourth-order valence-electron chi connectivity index (χ4n) is 3.97. The van der Waals surface area contributed by atoms with E-state index in [1.807, 2.05) is 39.0 Å². The molecule has 2 rings (SSSR count). The lowest BCUT2D eigenvalue weighted by atomic mass is 9.88. The van der Waals surface area contributed by atoms with Gasteiger partial charge in [0.05, 0.1) is 19.1 Å². The van der Waals surface area contributed by atoms with Gasteiger partial charge in [0.2, 0.25) is 0 Å². The highest BCUT2D eigenvalue weighted by Crippen LogP contribution is 2.27. The zero-order chi connectivity index (χ0) is 26.9. The maximum atomic E-state index is 12.5. The van der Waals surface area contributed by atoms with E-state index in [0.29, 0.717) is 0 Å². The molecule has 1 amide bonds. The first kappa shape index (κ1) is 29.6. The van der Waals surface area contributed by atoms with Crippen molar-refractivity contribution in [3.63, 3.8) is 0 Å². The van der Waals surface area contributed by atoms with E-state index in [-0.39, 0.29) is 43.8 Å². The molecule has 202 valence electrons. The van der Waals surface area contributed by atoms with E-state index in [9.17, 15) is 24.6 Å². The van der Waals surface area contributed by atoms with E-state index >= 15 is 0 Å². The predicted molar refractivity (Wildman–Crippen MR) is 134 cm³/mol. The molecule has 36 heavy (non-hydrogen) atoms. The lowest BCUT2D eigenvalue weighted by molar-refractivity contribution is -0.157. The van der Waals surface area contributed by atoms with Crippen LogP contribution in [0.3, 0.4) is 0 Å². The zero-order valence-corrected chi connectivity index (χ0v) is 22.0. The number of amides is 1. The van der Waals surface area contributed by atoms with Gasteiger partial charge in [-0.15, -0.1) is 0 Å². The lowest BCUT2D eigenvalue weighted by Gasteiger charge is -2.32. The summed E-state index contributed by atoms with van der Waals surface area (Å²) in [6.45, 7) is 10.2. The third-order valence-electron chi connectivity index (χ3n) is 6.45. The Hall–Kier alpha value is -2.65. The summed E-state index contributed by atoms with van der Waals surface area (Å²) in [6.07, 6.45) is 7.20. The molecular formula is C27H41NO8. The standard InChI is InChI=1S/C27H41NO8/c1-18(17-34-26(32)28-14-7-15-28)8-6-9-19(2)25-20(3)10-11-23(35-21(4)29)27(5,33)13-12-22(30)16-24(31)36-25/h6,8-11,18,20,22-23,25,30,33H,7,12-17H2,1-5H3/b8-6+,11-10+,19-9+/t18?,20-,22-,23-,25+,27-/m0/s1. The van der Waals surface area contributed by atoms with Crippen molar-refractivity contribution in [2.24, 2.45) is 11.8 Å². The molecule has 9 heteroatoms. The molecule has 2 N–H and O–H groups in total. The van der Waals surface area contributed by atoms with Crippen LogP contribution in [0.4, 0.5) is 4.79 Å². The number of rotatable bonds is 6. The third-order valence-corrected chi connectivity index (χ3v) is 6.45. The Bertz CT molecular complexity index is 858. The molecule has 0 aromatic carbocycles. The summed E-state index contributed by atoms with van der Waals surface area (Å²) in [6, 6.07) is 0. The number of ether oxygens (including phenoxy) is 3. The van der Waals surface area contributed by atoms with Crippen molar-refractivity contribution in [3.8, 4) is 0 Å². The minimum Gasteiger partial charge on any atom is -0.457 e. The van der Waals surface area contributed by atoms with Crippen molar-refractivity contribution >= 4 is 18.0 Å². The topological polar surface area (TPSA) is 123 Å². The largest absolute Gasteiger partial charge is 0.457 e. The fraction of sp³-hybridized carbons (Fsp3) is 0.667. The van der Waals surface area contributed by atoms with Crippen LogP contribution >= 0.6 is 0 Å². The Labute approximate surface area is 213 Å². The molecule has 1 unspecified atom stereocenters. The Morgan fingerprint density at radius 3 is 2.61 bits per heavy atom. The van der Waals surface area contributed by atoms with Crippen molar-refractivity contribution in [2.75, 3.05) is 19.7 Å². The van der Waals surface area contributed by atoms with Crippen LogP contribution in [-0.2, 0) is 23.8 Å². The Balaban J connectivity index is 2.13. The summed E-state index contributed by atoms with van der Waals surface area (Å²) in [4.78, 5) is 37.6. The third kappa shape index (κ3) is 9.43. The molecule has 0 radical (unpaired) electrons. The van der Waals surface area contributed by atoms with Crippen molar-refractivity contribution < 1.29 is 38.8 Å². The molecule has 1 saturated heterocycles. The molecule has 2 aliphatic heterocycles. The summed E-state index contributed by atoms with van der Waals surface area (Å²) in [5.41, 5.74) is -0.645. The Morgan fingerprint density at radius 2 is 2.00 bits per heavy atom. The van der Waals surface area contributed by atoms with Gasteiger partial charge in [-0.25, -0.2) is 4.79 Å². The van der Waals surface area contributed by atoms with Crippen molar-refractivity contribution in [3.05, 3.63) is 36.0 Å². The number of allylic oxidation sites excluding steroid dienone is 2. The van der Waals surface area contributed by atoms with Crippen LogP contribution in [0.5, 0.6) is 0 Å².